The molecule has 0 spiro atoms. The number of aldehydes is 1. The van der Waals surface area contributed by atoms with E-state index in [4.69, 9.17) is 0 Å². The summed E-state index contributed by atoms with van der Waals surface area (Å²) in [6, 6.07) is 7.73. The van der Waals surface area contributed by atoms with Crippen LogP contribution in [0.5, 0.6) is 0 Å². The van der Waals surface area contributed by atoms with Crippen molar-refractivity contribution in [3.8, 4) is 0 Å². The summed E-state index contributed by atoms with van der Waals surface area (Å²) in [7, 11) is 0. The number of nitrogens with zero attached hydrogens (tertiary/aromatic N) is 2. The lowest BCUT2D eigenvalue weighted by Crippen LogP contribution is -2.44. The predicted molar refractivity (Wildman–Crippen MR) is 75.4 cm³/mol. The first kappa shape index (κ1) is 13.3. The van der Waals surface area contributed by atoms with Crippen LogP contribution in [0.25, 0.3) is 0 Å². The minimum atomic E-state index is 0.0929. The molecule has 0 unspecified atom stereocenters. The highest BCUT2D eigenvalue weighted by Crippen LogP contribution is 2.17. The Hall–Kier alpha value is -2.10. The fraction of sp³-hybridized carbons (Fsp3) is 0.333. The highest BCUT2D eigenvalue weighted by molar-refractivity contribution is 5.94. The number of carbonyl (C=O) groups is 2. The molecule has 100 valence electrons. The van der Waals surface area contributed by atoms with Crippen LogP contribution in [0.1, 0.15) is 17.3 Å². The van der Waals surface area contributed by atoms with E-state index in [1.807, 2.05) is 30.5 Å². The lowest BCUT2D eigenvalue weighted by atomic mass is 10.1. The molecule has 1 aromatic carbocycles. The zero-order valence-electron chi connectivity index (χ0n) is 11.1. The fourth-order valence-electron chi connectivity index (χ4n) is 2.19. The van der Waals surface area contributed by atoms with Gasteiger partial charge in [0.15, 0.2) is 5.78 Å². The quantitative estimate of drug-likeness (QED) is 0.468. The van der Waals surface area contributed by atoms with Gasteiger partial charge >= 0.3 is 0 Å². The zero-order chi connectivity index (χ0) is 13.7. The number of allylic oxidation sites excluding steroid dienone is 1. The van der Waals surface area contributed by atoms with Crippen LogP contribution in [0.2, 0.25) is 0 Å². The van der Waals surface area contributed by atoms with Crippen molar-refractivity contribution in [2.75, 3.05) is 31.1 Å². The molecule has 0 amide bonds. The van der Waals surface area contributed by atoms with E-state index in [1.165, 1.54) is 6.08 Å². The summed E-state index contributed by atoms with van der Waals surface area (Å²) in [6.45, 7) is 5.22. The number of anilines is 1. The summed E-state index contributed by atoms with van der Waals surface area (Å²) in [5.74, 6) is 0.0929. The number of hydrogen-bond donors (Lipinski definition) is 0. The van der Waals surface area contributed by atoms with E-state index >= 15 is 0 Å². The third-order valence-corrected chi connectivity index (χ3v) is 3.33. The van der Waals surface area contributed by atoms with E-state index in [0.717, 1.165) is 43.7 Å². The molecule has 1 aliphatic rings. The Morgan fingerprint density at radius 2 is 1.74 bits per heavy atom. The lowest BCUT2D eigenvalue weighted by molar-refractivity contribution is -0.104. The average molecular weight is 258 g/mol. The molecule has 0 aromatic heterocycles. The Bertz CT molecular complexity index is 471. The molecular formula is C15H18N2O2. The van der Waals surface area contributed by atoms with Gasteiger partial charge in [0.05, 0.1) is 0 Å². The van der Waals surface area contributed by atoms with Gasteiger partial charge < -0.3 is 9.80 Å². The van der Waals surface area contributed by atoms with Gasteiger partial charge in [-0.2, -0.15) is 0 Å². The van der Waals surface area contributed by atoms with Crippen molar-refractivity contribution in [2.24, 2.45) is 0 Å². The third kappa shape index (κ3) is 3.44. The van der Waals surface area contributed by atoms with Gasteiger partial charge in [0.1, 0.15) is 6.29 Å². The van der Waals surface area contributed by atoms with Crippen LogP contribution in [0.15, 0.2) is 36.5 Å². The predicted octanol–water partition coefficient (Wildman–Crippen LogP) is 1.72. The van der Waals surface area contributed by atoms with Crippen LogP contribution in [0, 0.1) is 0 Å². The summed E-state index contributed by atoms with van der Waals surface area (Å²) < 4.78 is 0. The molecule has 2 rings (SSSR count). The van der Waals surface area contributed by atoms with Crippen molar-refractivity contribution in [3.05, 3.63) is 42.1 Å². The first-order chi connectivity index (χ1) is 9.20. The lowest BCUT2D eigenvalue weighted by Gasteiger charge is -2.35. The molecule has 1 heterocycles. The summed E-state index contributed by atoms with van der Waals surface area (Å²) in [6.07, 6.45) is 4.16. The standard InChI is InChI=1S/C15H18N2O2/c1-13(19)14-3-5-15(6-4-14)17-10-8-16(9-11-17)7-2-12-18/h2-7,12H,8-11H2,1H3. The number of carbonyl (C=O) groups excluding carboxylic acids is 2. The maximum Gasteiger partial charge on any atom is 0.159 e. The van der Waals surface area contributed by atoms with Crippen molar-refractivity contribution in [2.45, 2.75) is 6.92 Å². The van der Waals surface area contributed by atoms with Crippen LogP contribution < -0.4 is 4.90 Å². The van der Waals surface area contributed by atoms with Crippen molar-refractivity contribution in [1.82, 2.24) is 4.90 Å². The third-order valence-electron chi connectivity index (χ3n) is 3.33. The molecule has 1 fully saturated rings. The molecule has 1 aliphatic heterocycles. The van der Waals surface area contributed by atoms with Gasteiger partial charge in [0, 0.05) is 43.6 Å². The molecule has 0 N–H and O–H groups in total. The van der Waals surface area contributed by atoms with Crippen molar-refractivity contribution in [1.29, 1.82) is 0 Å². The number of rotatable bonds is 4. The zero-order valence-corrected chi connectivity index (χ0v) is 11.1. The van der Waals surface area contributed by atoms with E-state index in [-0.39, 0.29) is 5.78 Å². The first-order valence-corrected chi connectivity index (χ1v) is 6.42. The molecule has 0 atom stereocenters. The summed E-state index contributed by atoms with van der Waals surface area (Å²) >= 11 is 0. The van der Waals surface area contributed by atoms with Crippen LogP contribution in [-0.2, 0) is 4.79 Å². The van der Waals surface area contributed by atoms with E-state index < -0.39 is 0 Å². The van der Waals surface area contributed by atoms with Gasteiger partial charge in [0.25, 0.3) is 0 Å². The normalized spacial score (nSPS) is 15.8. The second kappa shape index (κ2) is 6.18. The molecule has 0 radical (unpaired) electrons. The first-order valence-electron chi connectivity index (χ1n) is 6.42. The van der Waals surface area contributed by atoms with Gasteiger partial charge in [0.2, 0.25) is 0 Å². The Morgan fingerprint density at radius 1 is 1.11 bits per heavy atom. The Labute approximate surface area is 113 Å². The van der Waals surface area contributed by atoms with E-state index in [9.17, 15) is 9.59 Å². The van der Waals surface area contributed by atoms with Gasteiger partial charge in [-0.3, -0.25) is 9.59 Å². The SMILES string of the molecule is CC(=O)c1ccc(N2CCN(C=CC=O)CC2)cc1. The topological polar surface area (TPSA) is 40.6 Å². The monoisotopic (exact) mass is 258 g/mol. The molecule has 4 heteroatoms. The molecule has 0 aliphatic carbocycles. The molecular weight excluding hydrogens is 240 g/mol. The largest absolute Gasteiger partial charge is 0.374 e. The minimum absolute atomic E-state index is 0.0929. The maximum atomic E-state index is 11.2. The van der Waals surface area contributed by atoms with Crippen molar-refractivity contribution in [3.63, 3.8) is 0 Å². The number of ketones is 1. The van der Waals surface area contributed by atoms with Crippen molar-refractivity contribution >= 4 is 17.8 Å². The van der Waals surface area contributed by atoms with E-state index in [0.29, 0.717) is 0 Å². The Balaban J connectivity index is 1.95. The summed E-state index contributed by atoms with van der Waals surface area (Å²) in [5.41, 5.74) is 1.89. The Kier molecular flexibility index (Phi) is 4.34. The van der Waals surface area contributed by atoms with Crippen LogP contribution in [-0.4, -0.2) is 43.1 Å². The van der Waals surface area contributed by atoms with Crippen LogP contribution in [0.3, 0.4) is 0 Å². The second-order valence-corrected chi connectivity index (χ2v) is 4.60. The summed E-state index contributed by atoms with van der Waals surface area (Å²) in [5, 5.41) is 0. The molecule has 1 saturated heterocycles. The second-order valence-electron chi connectivity index (χ2n) is 4.60. The number of Topliss-reactive ketones (excluding diaryl/α,β-unsaturated/α-hetero) is 1. The van der Waals surface area contributed by atoms with Gasteiger partial charge in [-0.1, -0.05) is 0 Å². The smallest absolute Gasteiger partial charge is 0.159 e. The maximum absolute atomic E-state index is 11.2. The van der Waals surface area contributed by atoms with Gasteiger partial charge in [-0.15, -0.1) is 0 Å². The molecule has 1 aromatic rings. The summed E-state index contributed by atoms with van der Waals surface area (Å²) in [4.78, 5) is 25.9. The minimum Gasteiger partial charge on any atom is -0.374 e. The molecule has 4 nitrogen and oxygen atoms in total. The molecule has 0 bridgehead atoms. The van der Waals surface area contributed by atoms with Crippen LogP contribution >= 0.6 is 0 Å². The highest BCUT2D eigenvalue weighted by atomic mass is 16.1. The van der Waals surface area contributed by atoms with E-state index in [2.05, 4.69) is 9.80 Å². The average Bonchev–Trinajstić information content (AvgIpc) is 2.46. The van der Waals surface area contributed by atoms with Crippen LogP contribution in [0.4, 0.5) is 5.69 Å². The molecule has 0 saturated carbocycles. The number of piperazine rings is 1. The van der Waals surface area contributed by atoms with Gasteiger partial charge in [-0.25, -0.2) is 0 Å². The Morgan fingerprint density at radius 3 is 2.26 bits per heavy atom. The fourth-order valence-corrected chi connectivity index (χ4v) is 2.19. The van der Waals surface area contributed by atoms with Crippen molar-refractivity contribution < 1.29 is 9.59 Å². The van der Waals surface area contributed by atoms with Gasteiger partial charge in [-0.05, 0) is 37.3 Å². The highest BCUT2D eigenvalue weighted by Gasteiger charge is 2.14. The van der Waals surface area contributed by atoms with E-state index in [1.54, 1.807) is 6.92 Å². The number of hydrogen-bond acceptors (Lipinski definition) is 4. The number of benzene rings is 1. The molecule has 19 heavy (non-hydrogen) atoms.